The number of aryl methyl sites for hydroxylation is 1. The van der Waals surface area contributed by atoms with E-state index in [9.17, 15) is 5.26 Å². The van der Waals surface area contributed by atoms with Gasteiger partial charge in [0.25, 0.3) is 0 Å². The van der Waals surface area contributed by atoms with Crippen molar-refractivity contribution >= 4 is 32.9 Å². The van der Waals surface area contributed by atoms with Gasteiger partial charge in [-0.3, -0.25) is 0 Å². The number of nitriles is 1. The van der Waals surface area contributed by atoms with Crippen LogP contribution in [0.1, 0.15) is 36.1 Å². The molecule has 1 aliphatic heterocycles. The fourth-order valence-corrected chi connectivity index (χ4v) is 6.46. The number of nitrogens with zero attached hydrogens (tertiary/aromatic N) is 2. The summed E-state index contributed by atoms with van der Waals surface area (Å²) in [5, 5.41) is 13.3. The highest BCUT2D eigenvalue weighted by Gasteiger charge is 2.26. The molecule has 3 aromatic heterocycles. The number of hydrogen-bond donors (Lipinski definition) is 0. The molecule has 0 N–H and O–H groups in total. The Kier molecular flexibility index (Phi) is 4.26. The lowest BCUT2D eigenvalue weighted by Gasteiger charge is -2.13. The molecule has 0 saturated heterocycles. The van der Waals surface area contributed by atoms with Gasteiger partial charge in [-0.15, -0.1) is 22.7 Å². The second kappa shape index (κ2) is 7.12. The smallest absolute Gasteiger partial charge is 0.231 e. The molecule has 6 rings (SSSR count). The Labute approximate surface area is 182 Å². The van der Waals surface area contributed by atoms with Gasteiger partial charge in [0.15, 0.2) is 11.5 Å². The minimum atomic E-state index is 0.243. The molecule has 2 aliphatic rings. The lowest BCUT2D eigenvalue weighted by Crippen LogP contribution is -1.99. The summed E-state index contributed by atoms with van der Waals surface area (Å²) in [5.74, 6) is 1.48. The van der Waals surface area contributed by atoms with Crippen molar-refractivity contribution in [3.8, 4) is 38.4 Å². The van der Waals surface area contributed by atoms with Crippen molar-refractivity contribution in [3.63, 3.8) is 0 Å². The van der Waals surface area contributed by atoms with Gasteiger partial charge in [0.2, 0.25) is 6.79 Å². The van der Waals surface area contributed by atoms with Crippen molar-refractivity contribution in [2.24, 2.45) is 0 Å². The minimum absolute atomic E-state index is 0.243. The Bertz CT molecular complexity index is 1320. The van der Waals surface area contributed by atoms with Crippen molar-refractivity contribution < 1.29 is 9.47 Å². The fraction of sp³-hybridized carbons (Fsp3) is 0.250. The number of pyridine rings is 1. The van der Waals surface area contributed by atoms with Crippen molar-refractivity contribution in [1.82, 2.24) is 4.98 Å². The van der Waals surface area contributed by atoms with Crippen LogP contribution in [0.25, 0.3) is 31.1 Å². The Morgan fingerprint density at radius 1 is 1.03 bits per heavy atom. The second-order valence-electron chi connectivity index (χ2n) is 7.62. The van der Waals surface area contributed by atoms with Crippen LogP contribution in [0.5, 0.6) is 11.5 Å². The van der Waals surface area contributed by atoms with Gasteiger partial charge >= 0.3 is 0 Å². The summed E-state index contributed by atoms with van der Waals surface area (Å²) in [6.45, 7) is 0.243. The van der Waals surface area contributed by atoms with Crippen LogP contribution in [-0.4, -0.2) is 11.8 Å². The number of rotatable bonds is 2. The first-order chi connectivity index (χ1) is 14.8. The molecule has 0 unspecified atom stereocenters. The van der Waals surface area contributed by atoms with Crippen LogP contribution < -0.4 is 9.47 Å². The van der Waals surface area contributed by atoms with E-state index in [4.69, 9.17) is 14.5 Å². The molecule has 4 aromatic rings. The summed E-state index contributed by atoms with van der Waals surface area (Å²) in [6.07, 6.45) is 5.65. The first-order valence-corrected chi connectivity index (χ1v) is 11.9. The van der Waals surface area contributed by atoms with Gasteiger partial charge in [0.1, 0.15) is 10.9 Å². The van der Waals surface area contributed by atoms with Gasteiger partial charge in [-0.25, -0.2) is 4.98 Å². The van der Waals surface area contributed by atoms with E-state index < -0.39 is 0 Å². The lowest BCUT2D eigenvalue weighted by atomic mass is 9.95. The summed E-state index contributed by atoms with van der Waals surface area (Å²) in [6, 6.07) is 12.7. The van der Waals surface area contributed by atoms with Crippen LogP contribution in [0.4, 0.5) is 0 Å². The largest absolute Gasteiger partial charge is 0.454 e. The highest BCUT2D eigenvalue weighted by molar-refractivity contribution is 7.22. The van der Waals surface area contributed by atoms with Crippen LogP contribution >= 0.6 is 22.7 Å². The molecule has 4 nitrogen and oxygen atoms in total. The average molecular weight is 431 g/mol. The maximum absolute atomic E-state index is 10.2. The van der Waals surface area contributed by atoms with E-state index in [0.717, 1.165) is 50.6 Å². The Balaban J connectivity index is 1.66. The van der Waals surface area contributed by atoms with Crippen LogP contribution in [-0.2, 0) is 12.8 Å². The predicted molar refractivity (Wildman–Crippen MR) is 120 cm³/mol. The Morgan fingerprint density at radius 3 is 2.80 bits per heavy atom. The number of aromatic nitrogens is 1. The number of fused-ring (bicyclic) bond motifs is 3. The van der Waals surface area contributed by atoms with Crippen LogP contribution in [0.15, 0.2) is 35.7 Å². The molecule has 0 fully saturated rings. The molecule has 148 valence electrons. The number of ether oxygens (including phenoxy) is 2. The van der Waals surface area contributed by atoms with Gasteiger partial charge in [0, 0.05) is 21.5 Å². The third-order valence-electron chi connectivity index (χ3n) is 5.88. The molecule has 0 atom stereocenters. The summed E-state index contributed by atoms with van der Waals surface area (Å²) in [5.41, 5.74) is 5.48. The van der Waals surface area contributed by atoms with E-state index in [2.05, 4.69) is 23.6 Å². The first-order valence-electron chi connectivity index (χ1n) is 10.2. The molecular weight excluding hydrogens is 412 g/mol. The minimum Gasteiger partial charge on any atom is -0.454 e. The normalized spacial score (nSPS) is 15.0. The molecule has 0 saturated carbocycles. The molecule has 0 amide bonds. The molecule has 0 radical (unpaired) electrons. The van der Waals surface area contributed by atoms with Gasteiger partial charge in [-0.2, -0.15) is 5.26 Å². The maximum Gasteiger partial charge on any atom is 0.231 e. The zero-order valence-corrected chi connectivity index (χ0v) is 17.9. The van der Waals surface area contributed by atoms with E-state index in [1.165, 1.54) is 41.0 Å². The zero-order valence-electron chi connectivity index (χ0n) is 16.2. The molecule has 4 heterocycles. The van der Waals surface area contributed by atoms with E-state index >= 15 is 0 Å². The molecule has 0 bridgehead atoms. The van der Waals surface area contributed by atoms with E-state index in [0.29, 0.717) is 0 Å². The van der Waals surface area contributed by atoms with E-state index in [1.54, 1.807) is 22.7 Å². The van der Waals surface area contributed by atoms with Gasteiger partial charge in [-0.1, -0.05) is 12.5 Å². The zero-order chi connectivity index (χ0) is 20.1. The first kappa shape index (κ1) is 17.9. The number of benzene rings is 1. The highest BCUT2D eigenvalue weighted by Crippen LogP contribution is 2.47. The number of hydrogen-bond acceptors (Lipinski definition) is 6. The lowest BCUT2D eigenvalue weighted by molar-refractivity contribution is 0.174. The third-order valence-corrected chi connectivity index (χ3v) is 7.90. The van der Waals surface area contributed by atoms with Gasteiger partial charge < -0.3 is 9.47 Å². The van der Waals surface area contributed by atoms with Gasteiger partial charge in [-0.05, 0) is 66.5 Å². The molecule has 30 heavy (non-hydrogen) atoms. The van der Waals surface area contributed by atoms with Crippen molar-refractivity contribution in [2.75, 3.05) is 6.79 Å². The van der Waals surface area contributed by atoms with Crippen LogP contribution in [0.2, 0.25) is 0 Å². The summed E-state index contributed by atoms with van der Waals surface area (Å²) in [4.78, 5) is 8.23. The molecule has 1 aromatic carbocycles. The molecule has 0 spiro atoms. The highest BCUT2D eigenvalue weighted by atomic mass is 32.1. The quantitative estimate of drug-likeness (QED) is 0.338. The van der Waals surface area contributed by atoms with E-state index in [1.807, 2.05) is 18.2 Å². The Morgan fingerprint density at radius 2 is 1.93 bits per heavy atom. The summed E-state index contributed by atoms with van der Waals surface area (Å²) >= 11 is 3.35. The summed E-state index contributed by atoms with van der Waals surface area (Å²) in [7, 11) is 0. The third kappa shape index (κ3) is 2.73. The molecule has 6 heteroatoms. The summed E-state index contributed by atoms with van der Waals surface area (Å²) < 4.78 is 11.0. The maximum atomic E-state index is 10.2. The van der Waals surface area contributed by atoms with Crippen molar-refractivity contribution in [1.29, 1.82) is 5.26 Å². The van der Waals surface area contributed by atoms with Crippen molar-refractivity contribution in [2.45, 2.75) is 32.1 Å². The van der Waals surface area contributed by atoms with E-state index in [-0.39, 0.29) is 6.79 Å². The monoisotopic (exact) mass is 430 g/mol. The average Bonchev–Trinajstić information content (AvgIpc) is 3.48. The van der Waals surface area contributed by atoms with Crippen LogP contribution in [0, 0.1) is 11.3 Å². The van der Waals surface area contributed by atoms with Crippen LogP contribution in [0.3, 0.4) is 0 Å². The molecule has 1 aliphatic carbocycles. The number of thiophene rings is 2. The SMILES string of the molecule is N#Cc1c(-c2ccc3c(c2)OCO3)sc2nc3c(c(-c4cccs4)c12)CCCCC3. The fourth-order valence-electron chi connectivity index (χ4n) is 4.50. The van der Waals surface area contributed by atoms with Crippen molar-refractivity contribution in [3.05, 3.63) is 52.5 Å². The standard InChI is InChI=1S/C24H18N2O2S2/c25-12-16-22-21(20-7-4-10-29-20)15-5-2-1-3-6-17(15)26-24(22)30-23(16)14-8-9-18-19(11-14)28-13-27-18/h4,7-11H,1-3,5-6,13H2. The van der Waals surface area contributed by atoms with Gasteiger partial charge in [0.05, 0.1) is 10.4 Å². The molecular formula is C24H18N2O2S2. The predicted octanol–water partition coefficient (Wildman–Crippen LogP) is 6.56. The second-order valence-corrected chi connectivity index (χ2v) is 9.56. The topological polar surface area (TPSA) is 55.1 Å². The Hall–Kier alpha value is -2.88.